The Labute approximate surface area is 181 Å². The smallest absolute Gasteiger partial charge is 0.295 e. The summed E-state index contributed by atoms with van der Waals surface area (Å²) in [6.07, 6.45) is 0.716. The molecule has 2 fully saturated rings. The third-order valence-corrected chi connectivity index (χ3v) is 5.87. The number of benzene rings is 1. The Morgan fingerprint density at radius 1 is 1.03 bits per heavy atom. The number of aliphatic hydroxyl groups is 1. The fraction of sp³-hybridized carbons (Fsp3) is 0.417. The summed E-state index contributed by atoms with van der Waals surface area (Å²) in [5.74, 6) is -0.285. The first-order chi connectivity index (χ1) is 15.0. The summed E-state index contributed by atoms with van der Waals surface area (Å²) in [7, 11) is 0. The van der Waals surface area contributed by atoms with E-state index in [1.165, 1.54) is 4.90 Å². The molecule has 31 heavy (non-hydrogen) atoms. The van der Waals surface area contributed by atoms with Crippen molar-refractivity contribution >= 4 is 17.4 Å². The maximum Gasteiger partial charge on any atom is 0.295 e. The third kappa shape index (κ3) is 4.43. The molecule has 164 valence electrons. The summed E-state index contributed by atoms with van der Waals surface area (Å²) in [5, 5.41) is 11.0. The van der Waals surface area contributed by atoms with E-state index in [1.807, 2.05) is 26.0 Å². The number of hydrogen-bond donors (Lipinski definition) is 1. The van der Waals surface area contributed by atoms with Crippen LogP contribution < -0.4 is 0 Å². The van der Waals surface area contributed by atoms with Crippen LogP contribution in [0.2, 0.25) is 0 Å². The Bertz CT molecular complexity index is 986. The lowest BCUT2D eigenvalue weighted by molar-refractivity contribution is -0.140. The minimum Gasteiger partial charge on any atom is -0.507 e. The Morgan fingerprint density at radius 3 is 2.39 bits per heavy atom. The van der Waals surface area contributed by atoms with Crippen LogP contribution in [0, 0.1) is 13.8 Å². The number of ether oxygens (including phenoxy) is 1. The van der Waals surface area contributed by atoms with E-state index in [-0.39, 0.29) is 11.3 Å². The number of nitrogens with zero attached hydrogens (tertiary/aromatic N) is 2. The highest BCUT2D eigenvalue weighted by molar-refractivity contribution is 6.46. The molecule has 1 N–H and O–H groups in total. The molecule has 2 saturated heterocycles. The van der Waals surface area contributed by atoms with Gasteiger partial charge in [-0.1, -0.05) is 29.8 Å². The molecule has 1 atom stereocenters. The van der Waals surface area contributed by atoms with Crippen LogP contribution in [0.4, 0.5) is 0 Å². The van der Waals surface area contributed by atoms with Crippen LogP contribution in [0.5, 0.6) is 0 Å². The molecule has 0 saturated carbocycles. The molecule has 2 aliphatic rings. The van der Waals surface area contributed by atoms with Gasteiger partial charge in [0.25, 0.3) is 11.7 Å². The van der Waals surface area contributed by atoms with Crippen molar-refractivity contribution in [2.24, 2.45) is 0 Å². The molecular weight excluding hydrogens is 396 g/mol. The van der Waals surface area contributed by atoms with Gasteiger partial charge in [-0.25, -0.2) is 0 Å². The summed E-state index contributed by atoms with van der Waals surface area (Å²) in [4.78, 5) is 29.7. The van der Waals surface area contributed by atoms with E-state index in [0.29, 0.717) is 43.3 Å². The average Bonchev–Trinajstić information content (AvgIpc) is 3.30. The molecule has 0 radical (unpaired) electrons. The number of likely N-dealkylation sites (tertiary alicyclic amines) is 1. The second-order valence-electron chi connectivity index (χ2n) is 8.11. The van der Waals surface area contributed by atoms with Crippen molar-refractivity contribution in [3.8, 4) is 0 Å². The molecule has 7 heteroatoms. The van der Waals surface area contributed by atoms with Gasteiger partial charge in [-0.05, 0) is 32.4 Å². The number of ketones is 1. The zero-order chi connectivity index (χ0) is 22.0. The first kappa shape index (κ1) is 21.3. The van der Waals surface area contributed by atoms with Crippen LogP contribution >= 0.6 is 0 Å². The minimum absolute atomic E-state index is 0.0783. The lowest BCUT2D eigenvalue weighted by Crippen LogP contribution is -2.38. The normalized spacial score (nSPS) is 21.7. The lowest BCUT2D eigenvalue weighted by Gasteiger charge is -2.28. The minimum atomic E-state index is -0.736. The molecule has 0 spiro atoms. The number of hydrogen-bond acceptors (Lipinski definition) is 6. The summed E-state index contributed by atoms with van der Waals surface area (Å²) >= 11 is 0. The topological polar surface area (TPSA) is 83.2 Å². The molecular formula is C24H28N2O5. The van der Waals surface area contributed by atoms with Gasteiger partial charge < -0.3 is 19.2 Å². The molecule has 0 unspecified atom stereocenters. The van der Waals surface area contributed by atoms with Gasteiger partial charge in [0.05, 0.1) is 18.8 Å². The Hall–Kier alpha value is -2.90. The maximum atomic E-state index is 13.0. The number of rotatable bonds is 6. The number of amides is 1. The largest absolute Gasteiger partial charge is 0.507 e. The van der Waals surface area contributed by atoms with E-state index < -0.39 is 17.7 Å². The molecule has 2 aliphatic heterocycles. The zero-order valence-electron chi connectivity index (χ0n) is 18.0. The number of morpholine rings is 1. The summed E-state index contributed by atoms with van der Waals surface area (Å²) in [5.41, 5.74) is 1.62. The molecule has 0 bridgehead atoms. The highest BCUT2D eigenvalue weighted by Crippen LogP contribution is 2.40. The molecule has 0 aliphatic carbocycles. The van der Waals surface area contributed by atoms with Gasteiger partial charge in [-0.3, -0.25) is 14.5 Å². The first-order valence-electron chi connectivity index (χ1n) is 10.7. The average molecular weight is 424 g/mol. The van der Waals surface area contributed by atoms with Gasteiger partial charge in [-0.2, -0.15) is 0 Å². The van der Waals surface area contributed by atoms with Crippen molar-refractivity contribution in [3.63, 3.8) is 0 Å². The van der Waals surface area contributed by atoms with Crippen molar-refractivity contribution in [2.45, 2.75) is 26.3 Å². The highest BCUT2D eigenvalue weighted by Gasteiger charge is 2.47. The SMILES string of the molecule is Cc1ccc(C(O)=C2C(=O)C(=O)N(CCCN3CCOCC3)[C@@H]2c2ccc(C)o2)cc1. The van der Waals surface area contributed by atoms with Gasteiger partial charge in [-0.15, -0.1) is 0 Å². The highest BCUT2D eigenvalue weighted by atomic mass is 16.5. The van der Waals surface area contributed by atoms with E-state index >= 15 is 0 Å². The maximum absolute atomic E-state index is 13.0. The second kappa shape index (κ2) is 9.08. The fourth-order valence-corrected chi connectivity index (χ4v) is 4.16. The van der Waals surface area contributed by atoms with E-state index in [9.17, 15) is 14.7 Å². The van der Waals surface area contributed by atoms with Crippen molar-refractivity contribution in [1.82, 2.24) is 9.80 Å². The monoisotopic (exact) mass is 424 g/mol. The van der Waals surface area contributed by atoms with E-state index in [0.717, 1.165) is 25.2 Å². The van der Waals surface area contributed by atoms with Gasteiger partial charge in [0.2, 0.25) is 0 Å². The first-order valence-corrected chi connectivity index (χ1v) is 10.7. The van der Waals surface area contributed by atoms with E-state index in [1.54, 1.807) is 24.3 Å². The van der Waals surface area contributed by atoms with Crippen LogP contribution in [-0.4, -0.2) is 66.0 Å². The van der Waals surface area contributed by atoms with Gasteiger partial charge in [0.15, 0.2) is 0 Å². The van der Waals surface area contributed by atoms with Crippen molar-refractivity contribution < 1.29 is 23.8 Å². The van der Waals surface area contributed by atoms with Crippen molar-refractivity contribution in [2.75, 3.05) is 39.4 Å². The van der Waals surface area contributed by atoms with Crippen LogP contribution in [0.3, 0.4) is 0 Å². The Kier molecular flexibility index (Phi) is 6.25. The predicted molar refractivity (Wildman–Crippen MR) is 116 cm³/mol. The number of furan rings is 1. The van der Waals surface area contributed by atoms with Gasteiger partial charge in [0, 0.05) is 31.7 Å². The second-order valence-corrected chi connectivity index (χ2v) is 8.11. The Morgan fingerprint density at radius 2 is 1.74 bits per heavy atom. The summed E-state index contributed by atoms with van der Waals surface area (Å²) in [6, 6.07) is 10.1. The van der Waals surface area contributed by atoms with Crippen molar-refractivity contribution in [3.05, 3.63) is 64.6 Å². The number of aliphatic hydroxyl groups excluding tert-OH is 1. The molecule has 1 amide bonds. The Balaban J connectivity index is 1.64. The standard InChI is InChI=1S/C24H28N2O5/c1-16-4-7-18(8-5-16)22(27)20-21(19-9-6-17(2)31-19)26(24(29)23(20)28)11-3-10-25-12-14-30-15-13-25/h4-9,21,27H,3,10-15H2,1-2H3/t21-/m1/s1. The van der Waals surface area contributed by atoms with Crippen molar-refractivity contribution in [1.29, 1.82) is 0 Å². The van der Waals surface area contributed by atoms with E-state index in [2.05, 4.69) is 4.90 Å². The summed E-state index contributed by atoms with van der Waals surface area (Å²) < 4.78 is 11.2. The van der Waals surface area contributed by atoms with Crippen LogP contribution in [0.15, 0.2) is 46.4 Å². The molecule has 2 aromatic rings. The predicted octanol–water partition coefficient (Wildman–Crippen LogP) is 3.04. The lowest BCUT2D eigenvalue weighted by atomic mass is 9.99. The van der Waals surface area contributed by atoms with Crippen LogP contribution in [0.1, 0.15) is 35.1 Å². The van der Waals surface area contributed by atoms with Crippen LogP contribution in [0.25, 0.3) is 5.76 Å². The van der Waals surface area contributed by atoms with Gasteiger partial charge >= 0.3 is 0 Å². The number of aryl methyl sites for hydroxylation is 2. The summed E-state index contributed by atoms with van der Waals surface area (Å²) in [6.45, 7) is 8.14. The number of carbonyl (C=O) groups is 2. The quantitative estimate of drug-likeness (QED) is 0.436. The molecule has 4 rings (SSSR count). The number of carbonyl (C=O) groups excluding carboxylic acids is 2. The molecule has 7 nitrogen and oxygen atoms in total. The number of Topliss-reactive ketones (excluding diaryl/α,β-unsaturated/α-hetero) is 1. The third-order valence-electron chi connectivity index (χ3n) is 5.87. The fourth-order valence-electron chi connectivity index (χ4n) is 4.16. The van der Waals surface area contributed by atoms with Gasteiger partial charge in [0.1, 0.15) is 23.3 Å². The molecule has 3 heterocycles. The van der Waals surface area contributed by atoms with Crippen LogP contribution in [-0.2, 0) is 14.3 Å². The molecule has 1 aromatic carbocycles. The molecule has 1 aromatic heterocycles. The van der Waals surface area contributed by atoms with E-state index in [4.69, 9.17) is 9.15 Å². The zero-order valence-corrected chi connectivity index (χ0v) is 18.0.